The van der Waals surface area contributed by atoms with E-state index in [-0.39, 0.29) is 24.0 Å². The van der Waals surface area contributed by atoms with Gasteiger partial charge in [0.15, 0.2) is 5.96 Å². The van der Waals surface area contributed by atoms with E-state index in [1.165, 1.54) is 38.0 Å². The van der Waals surface area contributed by atoms with Crippen LogP contribution in [-0.4, -0.2) is 50.6 Å². The molecule has 1 heterocycles. The van der Waals surface area contributed by atoms with Crippen LogP contribution in [0.15, 0.2) is 29.3 Å². The van der Waals surface area contributed by atoms with E-state index in [4.69, 9.17) is 11.6 Å². The fourth-order valence-corrected chi connectivity index (χ4v) is 2.84. The summed E-state index contributed by atoms with van der Waals surface area (Å²) < 4.78 is 0. The molecule has 1 aliphatic rings. The normalized spacial score (nSPS) is 15.3. The van der Waals surface area contributed by atoms with Gasteiger partial charge in [-0.05, 0) is 63.0 Å². The van der Waals surface area contributed by atoms with E-state index in [1.807, 2.05) is 19.2 Å². The smallest absolute Gasteiger partial charge is 0.190 e. The summed E-state index contributed by atoms with van der Waals surface area (Å²) in [5.74, 6) is 0.885. The fraction of sp³-hybridized carbons (Fsp3) is 0.588. The van der Waals surface area contributed by atoms with Crippen molar-refractivity contribution in [2.75, 3.05) is 39.8 Å². The minimum atomic E-state index is 0. The van der Waals surface area contributed by atoms with Crippen LogP contribution in [0.1, 0.15) is 24.8 Å². The Bertz CT molecular complexity index is 458. The largest absolute Gasteiger partial charge is 0.356 e. The van der Waals surface area contributed by atoms with Crippen LogP contribution in [0.2, 0.25) is 5.02 Å². The molecule has 0 aromatic heterocycles. The minimum Gasteiger partial charge on any atom is -0.356 e. The Morgan fingerprint density at radius 1 is 1.13 bits per heavy atom. The summed E-state index contributed by atoms with van der Waals surface area (Å²) in [4.78, 5) is 6.80. The molecule has 2 rings (SSSR count). The lowest BCUT2D eigenvalue weighted by atomic mass is 10.1. The number of halogens is 2. The summed E-state index contributed by atoms with van der Waals surface area (Å²) in [7, 11) is 1.82. The molecule has 0 amide bonds. The van der Waals surface area contributed by atoms with E-state index in [9.17, 15) is 0 Å². The summed E-state index contributed by atoms with van der Waals surface area (Å²) >= 11 is 5.89. The lowest BCUT2D eigenvalue weighted by Gasteiger charge is -2.16. The zero-order valence-electron chi connectivity index (χ0n) is 13.9. The van der Waals surface area contributed by atoms with Gasteiger partial charge in [-0.25, -0.2) is 0 Å². The highest BCUT2D eigenvalue weighted by molar-refractivity contribution is 14.0. The highest BCUT2D eigenvalue weighted by Crippen LogP contribution is 2.09. The van der Waals surface area contributed by atoms with Crippen LogP contribution in [0.4, 0.5) is 0 Å². The van der Waals surface area contributed by atoms with Crippen LogP contribution in [0, 0.1) is 0 Å². The van der Waals surface area contributed by atoms with Gasteiger partial charge in [0.2, 0.25) is 0 Å². The van der Waals surface area contributed by atoms with Crippen LogP contribution in [0.3, 0.4) is 0 Å². The van der Waals surface area contributed by atoms with Gasteiger partial charge < -0.3 is 15.5 Å². The van der Waals surface area contributed by atoms with E-state index in [1.54, 1.807) is 0 Å². The van der Waals surface area contributed by atoms with Crippen LogP contribution in [0.25, 0.3) is 0 Å². The first-order valence-electron chi connectivity index (χ1n) is 8.19. The Morgan fingerprint density at radius 2 is 1.78 bits per heavy atom. The first kappa shape index (κ1) is 20.5. The van der Waals surface area contributed by atoms with Gasteiger partial charge in [0.05, 0.1) is 0 Å². The van der Waals surface area contributed by atoms with Gasteiger partial charge in [-0.1, -0.05) is 23.7 Å². The molecular formula is C17H28ClIN4. The van der Waals surface area contributed by atoms with Gasteiger partial charge in [-0.3, -0.25) is 4.99 Å². The van der Waals surface area contributed by atoms with Crippen molar-refractivity contribution in [3.05, 3.63) is 34.9 Å². The molecule has 0 spiro atoms. The van der Waals surface area contributed by atoms with Gasteiger partial charge in [0.1, 0.15) is 0 Å². The number of aliphatic imine (C=N–C) groups is 1. The van der Waals surface area contributed by atoms with Gasteiger partial charge in [0.25, 0.3) is 0 Å². The molecule has 1 aromatic rings. The standard InChI is InChI=1S/C17H27ClN4.HI/c1-19-17(20-10-4-14-22-12-2-3-13-22)21-11-9-15-5-7-16(18)8-6-15;/h5-8H,2-4,9-14H2,1H3,(H2,19,20,21);1H. The van der Waals surface area contributed by atoms with E-state index in [2.05, 4.69) is 32.7 Å². The minimum absolute atomic E-state index is 0. The van der Waals surface area contributed by atoms with Gasteiger partial charge in [-0.2, -0.15) is 0 Å². The van der Waals surface area contributed by atoms with Crippen LogP contribution in [-0.2, 0) is 6.42 Å². The van der Waals surface area contributed by atoms with Crippen molar-refractivity contribution >= 4 is 41.5 Å². The fourth-order valence-electron chi connectivity index (χ4n) is 2.71. The highest BCUT2D eigenvalue weighted by Gasteiger charge is 2.10. The summed E-state index contributed by atoms with van der Waals surface area (Å²) in [6, 6.07) is 8.00. The van der Waals surface area contributed by atoms with Crippen molar-refractivity contribution in [1.82, 2.24) is 15.5 Å². The molecule has 0 bridgehead atoms. The SMILES string of the molecule is CN=C(NCCCN1CCCC1)NCCc1ccc(Cl)cc1.I. The number of guanidine groups is 1. The van der Waals surface area contributed by atoms with Crippen molar-refractivity contribution in [1.29, 1.82) is 0 Å². The van der Waals surface area contributed by atoms with Gasteiger partial charge in [-0.15, -0.1) is 24.0 Å². The number of likely N-dealkylation sites (tertiary alicyclic amines) is 1. The molecule has 1 fully saturated rings. The maximum atomic E-state index is 5.89. The average molecular weight is 451 g/mol. The molecule has 0 radical (unpaired) electrons. The molecule has 0 aliphatic carbocycles. The van der Waals surface area contributed by atoms with Crippen molar-refractivity contribution in [3.63, 3.8) is 0 Å². The number of benzene rings is 1. The second-order valence-corrected chi connectivity index (χ2v) is 6.14. The molecule has 0 unspecified atom stereocenters. The third kappa shape index (κ3) is 8.22. The number of hydrogen-bond acceptors (Lipinski definition) is 2. The van der Waals surface area contributed by atoms with Crippen LogP contribution in [0.5, 0.6) is 0 Å². The lowest BCUT2D eigenvalue weighted by molar-refractivity contribution is 0.334. The maximum absolute atomic E-state index is 5.89. The Labute approximate surface area is 162 Å². The predicted octanol–water partition coefficient (Wildman–Crippen LogP) is 3.15. The molecule has 4 nitrogen and oxygen atoms in total. The first-order chi connectivity index (χ1) is 10.8. The van der Waals surface area contributed by atoms with E-state index < -0.39 is 0 Å². The summed E-state index contributed by atoms with van der Waals surface area (Å²) in [5.41, 5.74) is 1.28. The zero-order valence-corrected chi connectivity index (χ0v) is 16.9. The molecule has 1 saturated heterocycles. The summed E-state index contributed by atoms with van der Waals surface area (Å²) in [5, 5.41) is 7.52. The third-order valence-electron chi connectivity index (χ3n) is 3.99. The number of nitrogens with zero attached hydrogens (tertiary/aromatic N) is 2. The van der Waals surface area contributed by atoms with Crippen LogP contribution >= 0.6 is 35.6 Å². The van der Waals surface area contributed by atoms with Crippen molar-refractivity contribution in [2.24, 2.45) is 4.99 Å². The topological polar surface area (TPSA) is 39.7 Å². The predicted molar refractivity (Wildman–Crippen MR) is 110 cm³/mol. The number of hydrogen-bond donors (Lipinski definition) is 2. The summed E-state index contributed by atoms with van der Waals surface area (Å²) in [6.07, 6.45) is 4.85. The molecule has 2 N–H and O–H groups in total. The Balaban J connectivity index is 0.00000264. The highest BCUT2D eigenvalue weighted by atomic mass is 127. The second kappa shape index (κ2) is 11.9. The van der Waals surface area contributed by atoms with Gasteiger partial charge >= 0.3 is 0 Å². The van der Waals surface area contributed by atoms with E-state index in [0.717, 1.165) is 36.9 Å². The Morgan fingerprint density at radius 3 is 2.43 bits per heavy atom. The summed E-state index contributed by atoms with van der Waals surface area (Å²) in [6.45, 7) is 5.57. The maximum Gasteiger partial charge on any atom is 0.190 e. The van der Waals surface area contributed by atoms with Crippen LogP contribution < -0.4 is 10.6 Å². The molecule has 0 saturated carbocycles. The van der Waals surface area contributed by atoms with Gasteiger partial charge in [0, 0.05) is 25.2 Å². The molecule has 0 atom stereocenters. The first-order valence-corrected chi connectivity index (χ1v) is 8.57. The third-order valence-corrected chi connectivity index (χ3v) is 4.24. The molecule has 130 valence electrons. The average Bonchev–Trinajstić information content (AvgIpc) is 3.05. The Kier molecular flexibility index (Phi) is 10.6. The van der Waals surface area contributed by atoms with Crippen molar-refractivity contribution < 1.29 is 0 Å². The molecule has 23 heavy (non-hydrogen) atoms. The van der Waals surface area contributed by atoms with E-state index >= 15 is 0 Å². The van der Waals surface area contributed by atoms with E-state index in [0.29, 0.717) is 0 Å². The molecule has 1 aliphatic heterocycles. The molecule has 1 aromatic carbocycles. The lowest BCUT2D eigenvalue weighted by Crippen LogP contribution is -2.39. The monoisotopic (exact) mass is 450 g/mol. The Hall–Kier alpha value is -0.530. The van der Waals surface area contributed by atoms with Crippen molar-refractivity contribution in [3.8, 4) is 0 Å². The second-order valence-electron chi connectivity index (χ2n) is 5.70. The quantitative estimate of drug-likeness (QED) is 0.290. The molecular weight excluding hydrogens is 423 g/mol. The number of nitrogens with one attached hydrogen (secondary N) is 2. The number of rotatable bonds is 7. The van der Waals surface area contributed by atoms with Crippen molar-refractivity contribution in [2.45, 2.75) is 25.7 Å². The molecule has 6 heteroatoms. The zero-order chi connectivity index (χ0) is 15.6.